The minimum Gasteiger partial charge on any atom is -0.456 e. The molecule has 0 unspecified atom stereocenters. The average Bonchev–Trinajstić information content (AvgIpc) is 3.77. The molecular formula is C62H38N2O. The number of para-hydroxylation sites is 1. The lowest BCUT2D eigenvalue weighted by Gasteiger charge is -2.19. The Morgan fingerprint density at radius 2 is 0.831 bits per heavy atom. The number of nitrogens with zero attached hydrogens (tertiary/aromatic N) is 2. The predicted molar refractivity (Wildman–Crippen MR) is 272 cm³/mol. The van der Waals surface area contributed by atoms with Gasteiger partial charge in [0.25, 0.3) is 0 Å². The van der Waals surface area contributed by atoms with Crippen molar-refractivity contribution in [1.82, 2.24) is 9.97 Å². The summed E-state index contributed by atoms with van der Waals surface area (Å²) in [6.07, 6.45) is 0. The van der Waals surface area contributed by atoms with Crippen LogP contribution in [0.15, 0.2) is 235 Å². The van der Waals surface area contributed by atoms with E-state index in [1.807, 2.05) is 42.5 Å². The number of rotatable bonds is 6. The van der Waals surface area contributed by atoms with Crippen LogP contribution in [-0.4, -0.2) is 9.97 Å². The second kappa shape index (κ2) is 15.0. The van der Waals surface area contributed by atoms with Crippen LogP contribution in [0.25, 0.3) is 132 Å². The van der Waals surface area contributed by atoms with Gasteiger partial charge in [-0.2, -0.15) is 0 Å². The van der Waals surface area contributed by atoms with Crippen LogP contribution in [0, 0.1) is 0 Å². The van der Waals surface area contributed by atoms with Crippen LogP contribution in [0.3, 0.4) is 0 Å². The molecule has 2 aromatic heterocycles. The van der Waals surface area contributed by atoms with E-state index in [1.165, 1.54) is 71.1 Å². The number of hydrogen-bond acceptors (Lipinski definition) is 3. The highest BCUT2D eigenvalue weighted by molar-refractivity contribution is 6.28. The van der Waals surface area contributed by atoms with Crippen molar-refractivity contribution in [3.05, 3.63) is 231 Å². The topological polar surface area (TPSA) is 38.9 Å². The molecule has 0 amide bonds. The fraction of sp³-hybridized carbons (Fsp3) is 0. The van der Waals surface area contributed by atoms with E-state index in [0.717, 1.165) is 55.4 Å². The van der Waals surface area contributed by atoms with Crippen LogP contribution in [0.2, 0.25) is 0 Å². The summed E-state index contributed by atoms with van der Waals surface area (Å²) in [5.74, 6) is 0.683. The number of hydrogen-bond donors (Lipinski definition) is 0. The minimum absolute atomic E-state index is 0.683. The fourth-order valence-electron chi connectivity index (χ4n) is 10.0. The molecule has 0 N–H and O–H groups in total. The first-order valence-electron chi connectivity index (χ1n) is 22.1. The first-order chi connectivity index (χ1) is 32.2. The number of aromatic nitrogens is 2. The molecule has 0 atom stereocenters. The molecule has 0 aliphatic heterocycles. The molecule has 3 heteroatoms. The molecule has 0 radical (unpaired) electrons. The Morgan fingerprint density at radius 1 is 0.277 bits per heavy atom. The molecule has 13 aromatic rings. The molecule has 0 aliphatic rings. The molecule has 13 rings (SSSR count). The monoisotopic (exact) mass is 826 g/mol. The molecule has 0 saturated heterocycles. The molecule has 11 aromatic carbocycles. The number of fused-ring (bicyclic) bond motifs is 8. The van der Waals surface area contributed by atoms with Gasteiger partial charge in [-0.25, -0.2) is 9.97 Å². The molecule has 0 saturated carbocycles. The third-order valence-corrected chi connectivity index (χ3v) is 13.1. The van der Waals surface area contributed by atoms with E-state index < -0.39 is 0 Å². The smallest absolute Gasteiger partial charge is 0.160 e. The van der Waals surface area contributed by atoms with Crippen LogP contribution < -0.4 is 0 Å². The third kappa shape index (κ3) is 6.20. The molecule has 0 fully saturated rings. The van der Waals surface area contributed by atoms with Crippen LogP contribution in [0.1, 0.15) is 0 Å². The largest absolute Gasteiger partial charge is 0.456 e. The molecule has 3 nitrogen and oxygen atoms in total. The first kappa shape index (κ1) is 36.9. The Bertz CT molecular complexity index is 3980. The van der Waals surface area contributed by atoms with Gasteiger partial charge >= 0.3 is 0 Å². The van der Waals surface area contributed by atoms with Crippen LogP contribution in [-0.2, 0) is 0 Å². The first-order valence-corrected chi connectivity index (χ1v) is 22.1. The van der Waals surface area contributed by atoms with E-state index in [4.69, 9.17) is 14.4 Å². The lowest BCUT2D eigenvalue weighted by atomic mass is 9.84. The van der Waals surface area contributed by atoms with Crippen molar-refractivity contribution in [1.29, 1.82) is 0 Å². The highest BCUT2D eigenvalue weighted by Gasteiger charge is 2.20. The molecular weight excluding hydrogens is 789 g/mol. The van der Waals surface area contributed by atoms with Gasteiger partial charge in [0, 0.05) is 27.5 Å². The zero-order valence-corrected chi connectivity index (χ0v) is 35.2. The fourth-order valence-corrected chi connectivity index (χ4v) is 10.0. The van der Waals surface area contributed by atoms with Crippen molar-refractivity contribution < 1.29 is 4.42 Å². The zero-order valence-electron chi connectivity index (χ0n) is 35.2. The van der Waals surface area contributed by atoms with E-state index in [9.17, 15) is 0 Å². The van der Waals surface area contributed by atoms with Crippen molar-refractivity contribution in [3.8, 4) is 67.3 Å². The molecule has 0 aliphatic carbocycles. The number of furan rings is 1. The van der Waals surface area contributed by atoms with Gasteiger partial charge in [-0.05, 0) is 107 Å². The normalized spacial score (nSPS) is 11.7. The van der Waals surface area contributed by atoms with Gasteiger partial charge in [0.15, 0.2) is 5.82 Å². The van der Waals surface area contributed by atoms with Crippen molar-refractivity contribution in [2.24, 2.45) is 0 Å². The Morgan fingerprint density at radius 3 is 1.62 bits per heavy atom. The second-order valence-corrected chi connectivity index (χ2v) is 16.8. The summed E-state index contributed by atoms with van der Waals surface area (Å²) in [5.41, 5.74) is 13.8. The summed E-state index contributed by atoms with van der Waals surface area (Å²) >= 11 is 0. The minimum atomic E-state index is 0.683. The van der Waals surface area contributed by atoms with Gasteiger partial charge in [-0.1, -0.05) is 200 Å². The van der Waals surface area contributed by atoms with Crippen molar-refractivity contribution in [3.63, 3.8) is 0 Å². The average molecular weight is 827 g/mol. The Kier molecular flexibility index (Phi) is 8.53. The standard InChI is InChI=1S/C62H38N2O/c1-3-15-41(16-4-1)58-49-20-9-10-21-50(49)59(61-48-19-8-7-14-40(48)34-35-53(58)61)42-28-26-39(27-29-42)44-30-31-46-37-47(33-32-45(46)36-44)54-38-55(64-62(63-54)43-17-5-2-6-18-43)51-23-13-25-57-60(51)52-22-11-12-24-56(52)65-57/h1-38H. The van der Waals surface area contributed by atoms with Gasteiger partial charge in [0.05, 0.1) is 11.4 Å². The van der Waals surface area contributed by atoms with E-state index in [0.29, 0.717) is 5.82 Å². The molecule has 2 heterocycles. The van der Waals surface area contributed by atoms with Gasteiger partial charge in [-0.3, -0.25) is 0 Å². The van der Waals surface area contributed by atoms with Crippen molar-refractivity contribution in [2.75, 3.05) is 0 Å². The third-order valence-electron chi connectivity index (χ3n) is 13.1. The quantitative estimate of drug-likeness (QED) is 0.124. The Labute approximate surface area is 375 Å². The van der Waals surface area contributed by atoms with Gasteiger partial charge < -0.3 is 4.42 Å². The molecule has 0 bridgehead atoms. The van der Waals surface area contributed by atoms with Crippen molar-refractivity contribution in [2.45, 2.75) is 0 Å². The van der Waals surface area contributed by atoms with Crippen LogP contribution in [0.4, 0.5) is 0 Å². The highest BCUT2D eigenvalue weighted by atomic mass is 16.3. The number of benzene rings is 11. The zero-order chi connectivity index (χ0) is 42.8. The Balaban J connectivity index is 0.902. The maximum Gasteiger partial charge on any atom is 0.160 e. The maximum atomic E-state index is 6.28. The summed E-state index contributed by atoms with van der Waals surface area (Å²) in [4.78, 5) is 10.4. The highest BCUT2D eigenvalue weighted by Crippen LogP contribution is 2.46. The van der Waals surface area contributed by atoms with Gasteiger partial charge in [0.1, 0.15) is 11.2 Å². The lowest BCUT2D eigenvalue weighted by molar-refractivity contribution is 0.669. The summed E-state index contributed by atoms with van der Waals surface area (Å²) < 4.78 is 6.28. The van der Waals surface area contributed by atoms with Crippen LogP contribution >= 0.6 is 0 Å². The van der Waals surface area contributed by atoms with Crippen molar-refractivity contribution >= 4 is 65.0 Å². The van der Waals surface area contributed by atoms with E-state index in [-0.39, 0.29) is 0 Å². The van der Waals surface area contributed by atoms with Gasteiger partial charge in [-0.15, -0.1) is 0 Å². The summed E-state index contributed by atoms with van der Waals surface area (Å²) in [5, 5.41) is 12.0. The predicted octanol–water partition coefficient (Wildman–Crippen LogP) is 17.0. The lowest BCUT2D eigenvalue weighted by Crippen LogP contribution is -1.96. The van der Waals surface area contributed by atoms with E-state index in [1.54, 1.807) is 0 Å². The molecule has 302 valence electrons. The summed E-state index contributed by atoms with van der Waals surface area (Å²) in [6.45, 7) is 0. The van der Waals surface area contributed by atoms with Gasteiger partial charge in [0.2, 0.25) is 0 Å². The van der Waals surface area contributed by atoms with E-state index in [2.05, 4.69) is 188 Å². The van der Waals surface area contributed by atoms with E-state index >= 15 is 0 Å². The maximum absolute atomic E-state index is 6.28. The van der Waals surface area contributed by atoms with Crippen LogP contribution in [0.5, 0.6) is 0 Å². The SMILES string of the molecule is c1ccc(-c2nc(-c3ccc4cc(-c5ccc(-c6c7ccccc7c(-c7ccccc7)c7ccc8ccccc8c67)cc5)ccc4c3)cc(-c3cccc4oc5ccccc5c34)n2)cc1. The summed E-state index contributed by atoms with van der Waals surface area (Å²) in [6, 6.07) is 82.4. The molecule has 0 spiro atoms. The second-order valence-electron chi connectivity index (χ2n) is 16.8. The molecule has 65 heavy (non-hydrogen) atoms. The summed E-state index contributed by atoms with van der Waals surface area (Å²) in [7, 11) is 0. The Hall–Kier alpha value is -8.66.